The van der Waals surface area contributed by atoms with Gasteiger partial charge in [0.2, 0.25) is 12.7 Å². The molecule has 0 saturated heterocycles. The molecule has 0 spiro atoms. The molecule has 1 aliphatic heterocycles. The standard InChI is InChI=1S/C14H19NO4/c1-9-4-11-12(19-8-18-11)5-10(9)14(2,3)7-15-13(17)6-16/h4-5,16H,6-8H2,1-3H3,(H,15,17). The monoisotopic (exact) mass is 265 g/mol. The zero-order valence-corrected chi connectivity index (χ0v) is 11.4. The summed E-state index contributed by atoms with van der Waals surface area (Å²) < 4.78 is 10.7. The second kappa shape index (κ2) is 5.09. The largest absolute Gasteiger partial charge is 0.454 e. The van der Waals surface area contributed by atoms with Crippen molar-refractivity contribution in [3.63, 3.8) is 0 Å². The minimum Gasteiger partial charge on any atom is -0.454 e. The molecule has 1 aromatic carbocycles. The number of aliphatic hydroxyl groups is 1. The molecule has 1 aromatic rings. The molecule has 5 nitrogen and oxygen atoms in total. The first-order chi connectivity index (χ1) is 8.94. The Balaban J connectivity index is 2.22. The second-order valence-electron chi connectivity index (χ2n) is 5.34. The zero-order valence-electron chi connectivity index (χ0n) is 11.4. The molecule has 0 unspecified atom stereocenters. The molecule has 1 heterocycles. The van der Waals surface area contributed by atoms with E-state index in [9.17, 15) is 4.79 Å². The summed E-state index contributed by atoms with van der Waals surface area (Å²) >= 11 is 0. The Morgan fingerprint density at radius 3 is 2.63 bits per heavy atom. The van der Waals surface area contributed by atoms with Crippen molar-refractivity contribution in [2.45, 2.75) is 26.2 Å². The van der Waals surface area contributed by atoms with Gasteiger partial charge in [0.1, 0.15) is 6.61 Å². The third kappa shape index (κ3) is 2.81. The third-order valence-corrected chi connectivity index (χ3v) is 3.32. The Hall–Kier alpha value is -1.75. The molecule has 0 aromatic heterocycles. The Labute approximate surface area is 112 Å². The van der Waals surface area contributed by atoms with E-state index in [0.29, 0.717) is 6.54 Å². The molecule has 19 heavy (non-hydrogen) atoms. The van der Waals surface area contributed by atoms with Gasteiger partial charge in [0, 0.05) is 12.0 Å². The van der Waals surface area contributed by atoms with Gasteiger partial charge in [0.05, 0.1) is 0 Å². The van der Waals surface area contributed by atoms with Gasteiger partial charge in [-0.3, -0.25) is 4.79 Å². The molecule has 0 radical (unpaired) electrons. The molecule has 1 aliphatic rings. The number of hydrogen-bond acceptors (Lipinski definition) is 4. The zero-order chi connectivity index (χ0) is 14.0. The van der Waals surface area contributed by atoms with Crippen LogP contribution in [0.15, 0.2) is 12.1 Å². The quantitative estimate of drug-likeness (QED) is 0.855. The summed E-state index contributed by atoms with van der Waals surface area (Å²) in [7, 11) is 0. The molecule has 0 aliphatic carbocycles. The summed E-state index contributed by atoms with van der Waals surface area (Å²) in [5.74, 6) is 1.13. The number of aliphatic hydroxyl groups excluding tert-OH is 1. The fraction of sp³-hybridized carbons (Fsp3) is 0.500. The predicted octanol–water partition coefficient (Wildman–Crippen LogP) is 1.11. The van der Waals surface area contributed by atoms with Gasteiger partial charge < -0.3 is 19.9 Å². The van der Waals surface area contributed by atoms with Crippen LogP contribution in [-0.4, -0.2) is 31.0 Å². The number of carbonyl (C=O) groups excluding carboxylic acids is 1. The fourth-order valence-electron chi connectivity index (χ4n) is 2.24. The van der Waals surface area contributed by atoms with Gasteiger partial charge in [-0.25, -0.2) is 0 Å². The fourth-order valence-corrected chi connectivity index (χ4v) is 2.24. The lowest BCUT2D eigenvalue weighted by Crippen LogP contribution is -2.38. The number of benzene rings is 1. The maximum absolute atomic E-state index is 11.2. The second-order valence-corrected chi connectivity index (χ2v) is 5.34. The maximum atomic E-state index is 11.2. The van der Waals surface area contributed by atoms with Crippen LogP contribution in [0.3, 0.4) is 0 Å². The molecule has 0 saturated carbocycles. The Morgan fingerprint density at radius 2 is 2.00 bits per heavy atom. The van der Waals surface area contributed by atoms with Crippen LogP contribution in [0.5, 0.6) is 11.5 Å². The average molecular weight is 265 g/mol. The first-order valence-electron chi connectivity index (χ1n) is 6.22. The van der Waals surface area contributed by atoms with Crippen molar-refractivity contribution in [2.24, 2.45) is 0 Å². The van der Waals surface area contributed by atoms with Gasteiger partial charge >= 0.3 is 0 Å². The van der Waals surface area contributed by atoms with Gasteiger partial charge in [0.15, 0.2) is 11.5 Å². The van der Waals surface area contributed by atoms with Crippen LogP contribution >= 0.6 is 0 Å². The van der Waals surface area contributed by atoms with Crippen molar-refractivity contribution in [1.82, 2.24) is 5.32 Å². The van der Waals surface area contributed by atoms with Crippen LogP contribution < -0.4 is 14.8 Å². The lowest BCUT2D eigenvalue weighted by molar-refractivity contribution is -0.124. The van der Waals surface area contributed by atoms with Crippen LogP contribution in [0.25, 0.3) is 0 Å². The van der Waals surface area contributed by atoms with Crippen LogP contribution in [0.1, 0.15) is 25.0 Å². The lowest BCUT2D eigenvalue weighted by Gasteiger charge is -2.27. The summed E-state index contributed by atoms with van der Waals surface area (Å²) in [6.45, 7) is 6.29. The molecule has 1 amide bonds. The van der Waals surface area contributed by atoms with Crippen LogP contribution in [0, 0.1) is 6.92 Å². The molecule has 0 fully saturated rings. The minimum atomic E-state index is -0.490. The average Bonchev–Trinajstić information content (AvgIpc) is 2.81. The summed E-state index contributed by atoms with van der Waals surface area (Å²) in [5.41, 5.74) is 1.93. The number of rotatable bonds is 4. The predicted molar refractivity (Wildman–Crippen MR) is 70.4 cm³/mol. The Bertz CT molecular complexity index is 496. The summed E-state index contributed by atoms with van der Waals surface area (Å²) in [4.78, 5) is 11.2. The number of hydrogen-bond donors (Lipinski definition) is 2. The van der Waals surface area contributed by atoms with Gasteiger partial charge in [0.25, 0.3) is 0 Å². The highest BCUT2D eigenvalue weighted by atomic mass is 16.7. The van der Waals surface area contributed by atoms with E-state index in [1.54, 1.807) is 0 Å². The molecule has 2 N–H and O–H groups in total. The van der Waals surface area contributed by atoms with Crippen molar-refractivity contribution in [1.29, 1.82) is 0 Å². The molecular weight excluding hydrogens is 246 g/mol. The lowest BCUT2D eigenvalue weighted by atomic mass is 9.81. The Morgan fingerprint density at radius 1 is 1.37 bits per heavy atom. The molecule has 0 bridgehead atoms. The van der Waals surface area contributed by atoms with Crippen LogP contribution in [0.4, 0.5) is 0 Å². The maximum Gasteiger partial charge on any atom is 0.245 e. The van der Waals surface area contributed by atoms with E-state index in [2.05, 4.69) is 5.32 Å². The van der Waals surface area contributed by atoms with E-state index >= 15 is 0 Å². The Kier molecular flexibility index (Phi) is 3.66. The highest BCUT2D eigenvalue weighted by Gasteiger charge is 2.26. The number of ether oxygens (including phenoxy) is 2. The van der Waals surface area contributed by atoms with Crippen molar-refractivity contribution < 1.29 is 19.4 Å². The van der Waals surface area contributed by atoms with Crippen LogP contribution in [0.2, 0.25) is 0 Å². The summed E-state index contributed by atoms with van der Waals surface area (Å²) in [6, 6.07) is 3.91. The number of fused-ring (bicyclic) bond motifs is 1. The van der Waals surface area contributed by atoms with Crippen molar-refractivity contribution in [3.8, 4) is 11.5 Å². The number of carbonyl (C=O) groups is 1. The van der Waals surface area contributed by atoms with E-state index in [0.717, 1.165) is 22.6 Å². The van der Waals surface area contributed by atoms with E-state index in [4.69, 9.17) is 14.6 Å². The molecule has 104 valence electrons. The molecule has 0 atom stereocenters. The van der Waals surface area contributed by atoms with Gasteiger partial charge in [-0.15, -0.1) is 0 Å². The van der Waals surface area contributed by atoms with Gasteiger partial charge in [-0.2, -0.15) is 0 Å². The van der Waals surface area contributed by atoms with Gasteiger partial charge in [-0.1, -0.05) is 13.8 Å². The number of aryl methyl sites for hydroxylation is 1. The minimum absolute atomic E-state index is 0.250. The van der Waals surface area contributed by atoms with E-state index in [1.807, 2.05) is 32.9 Å². The molecular formula is C14H19NO4. The van der Waals surface area contributed by atoms with Crippen molar-refractivity contribution in [3.05, 3.63) is 23.3 Å². The number of nitrogens with one attached hydrogen (secondary N) is 1. The van der Waals surface area contributed by atoms with Crippen molar-refractivity contribution in [2.75, 3.05) is 19.9 Å². The number of amides is 1. The summed E-state index contributed by atoms with van der Waals surface area (Å²) in [6.07, 6.45) is 0. The third-order valence-electron chi connectivity index (χ3n) is 3.32. The van der Waals surface area contributed by atoms with Gasteiger partial charge in [-0.05, 0) is 30.2 Å². The highest BCUT2D eigenvalue weighted by molar-refractivity contribution is 5.77. The molecule has 5 heteroatoms. The first-order valence-corrected chi connectivity index (χ1v) is 6.22. The SMILES string of the molecule is Cc1cc2c(cc1C(C)(C)CNC(=O)CO)OCO2. The summed E-state index contributed by atoms with van der Waals surface area (Å²) in [5, 5.41) is 11.4. The van der Waals surface area contributed by atoms with Crippen molar-refractivity contribution >= 4 is 5.91 Å². The smallest absolute Gasteiger partial charge is 0.245 e. The van der Waals surface area contributed by atoms with Crippen LogP contribution in [-0.2, 0) is 10.2 Å². The normalized spacial score (nSPS) is 13.5. The highest BCUT2D eigenvalue weighted by Crippen LogP contribution is 2.38. The topological polar surface area (TPSA) is 67.8 Å². The van der Waals surface area contributed by atoms with E-state index < -0.39 is 6.61 Å². The molecule has 2 rings (SSSR count). The first kappa shape index (κ1) is 13.7. The van der Waals surface area contributed by atoms with E-state index in [-0.39, 0.29) is 18.1 Å². The van der Waals surface area contributed by atoms with E-state index in [1.165, 1.54) is 0 Å².